The molecule has 0 bridgehead atoms. The summed E-state index contributed by atoms with van der Waals surface area (Å²) in [6, 6.07) is 2.22. The van der Waals surface area contributed by atoms with E-state index < -0.39 is 10.0 Å². The highest BCUT2D eigenvalue weighted by Crippen LogP contribution is 2.26. The Morgan fingerprint density at radius 1 is 1.55 bits per heavy atom. The van der Waals surface area contributed by atoms with E-state index >= 15 is 0 Å². The number of sulfonamides is 1. The number of nitrogens with one attached hydrogen (secondary N) is 2. The van der Waals surface area contributed by atoms with E-state index in [1.54, 1.807) is 19.3 Å². The second-order valence-electron chi connectivity index (χ2n) is 5.43. The number of thioether (sulfide) groups is 1. The Hall–Kier alpha value is -0.500. The molecule has 0 radical (unpaired) electrons. The van der Waals surface area contributed by atoms with Crippen LogP contribution >= 0.6 is 11.8 Å². The van der Waals surface area contributed by atoms with Gasteiger partial charge in [-0.3, -0.25) is 0 Å². The number of hydrogen-bond donors (Lipinski definition) is 2. The third-order valence-electron chi connectivity index (χ3n) is 3.51. The molecule has 114 valence electrons. The predicted molar refractivity (Wildman–Crippen MR) is 83.4 cm³/mol. The third-order valence-corrected chi connectivity index (χ3v) is 6.55. The van der Waals surface area contributed by atoms with Crippen molar-refractivity contribution in [2.45, 2.75) is 43.8 Å². The molecule has 1 aliphatic rings. The molecule has 7 heteroatoms. The van der Waals surface area contributed by atoms with Gasteiger partial charge in [0, 0.05) is 43.3 Å². The average Bonchev–Trinajstić information content (AvgIpc) is 3.06. The van der Waals surface area contributed by atoms with Crippen molar-refractivity contribution < 1.29 is 8.42 Å². The summed E-state index contributed by atoms with van der Waals surface area (Å²) in [7, 11) is -1.69. The fourth-order valence-electron chi connectivity index (χ4n) is 2.16. The van der Waals surface area contributed by atoms with E-state index in [0.717, 1.165) is 23.6 Å². The second-order valence-corrected chi connectivity index (χ2v) is 8.58. The van der Waals surface area contributed by atoms with Crippen LogP contribution in [0.2, 0.25) is 0 Å². The first-order chi connectivity index (χ1) is 9.41. The van der Waals surface area contributed by atoms with Crippen LogP contribution in [0.25, 0.3) is 0 Å². The number of nitrogens with zero attached hydrogens (tertiary/aromatic N) is 1. The van der Waals surface area contributed by atoms with Crippen LogP contribution in [-0.2, 0) is 16.6 Å². The van der Waals surface area contributed by atoms with Gasteiger partial charge in [-0.15, -0.1) is 0 Å². The molecule has 20 heavy (non-hydrogen) atoms. The summed E-state index contributed by atoms with van der Waals surface area (Å²) in [4.78, 5) is 3.40. The largest absolute Gasteiger partial charge is 0.363 e. The van der Waals surface area contributed by atoms with Crippen LogP contribution in [0.4, 0.5) is 0 Å². The standard InChI is InChI=1S/C13H23N3O2S2/c1-10(2)14-7-11-6-13(8-15-11)20(17,18)16(3)12-4-5-19-9-12/h6,8,10,12,14-15H,4-5,7,9H2,1-3H3. The summed E-state index contributed by atoms with van der Waals surface area (Å²) < 4.78 is 26.6. The molecule has 2 heterocycles. The molecule has 0 saturated carbocycles. The van der Waals surface area contributed by atoms with Gasteiger partial charge in [0.05, 0.1) is 4.90 Å². The fourth-order valence-corrected chi connectivity index (χ4v) is 4.92. The van der Waals surface area contributed by atoms with Gasteiger partial charge in [0.15, 0.2) is 0 Å². The maximum Gasteiger partial charge on any atom is 0.244 e. The summed E-state index contributed by atoms with van der Waals surface area (Å²) in [5.74, 6) is 1.93. The van der Waals surface area contributed by atoms with Crippen molar-refractivity contribution in [3.63, 3.8) is 0 Å². The molecule has 1 unspecified atom stereocenters. The smallest absolute Gasteiger partial charge is 0.244 e. The zero-order valence-corrected chi connectivity index (χ0v) is 13.9. The number of aromatic amines is 1. The number of H-pyrrole nitrogens is 1. The monoisotopic (exact) mass is 317 g/mol. The Bertz CT molecular complexity index is 534. The van der Waals surface area contributed by atoms with Gasteiger partial charge in [0.1, 0.15) is 0 Å². The molecule has 0 amide bonds. The predicted octanol–water partition coefficient (Wildman–Crippen LogP) is 1.64. The first-order valence-electron chi connectivity index (χ1n) is 6.87. The minimum atomic E-state index is -3.38. The molecule has 2 rings (SSSR count). The van der Waals surface area contributed by atoms with Crippen molar-refractivity contribution in [2.24, 2.45) is 0 Å². The van der Waals surface area contributed by atoms with Crippen LogP contribution in [0.5, 0.6) is 0 Å². The number of aromatic nitrogens is 1. The van der Waals surface area contributed by atoms with E-state index in [4.69, 9.17) is 0 Å². The Balaban J connectivity index is 2.09. The van der Waals surface area contributed by atoms with E-state index in [1.807, 2.05) is 11.8 Å². The van der Waals surface area contributed by atoms with Gasteiger partial charge >= 0.3 is 0 Å². The van der Waals surface area contributed by atoms with Gasteiger partial charge in [0.2, 0.25) is 10.0 Å². The highest BCUT2D eigenvalue weighted by molar-refractivity contribution is 7.99. The van der Waals surface area contributed by atoms with E-state index in [-0.39, 0.29) is 6.04 Å². The molecule has 1 saturated heterocycles. The minimum Gasteiger partial charge on any atom is -0.363 e. The summed E-state index contributed by atoms with van der Waals surface area (Å²) >= 11 is 1.81. The minimum absolute atomic E-state index is 0.122. The van der Waals surface area contributed by atoms with Crippen LogP contribution in [-0.4, -0.2) is 48.3 Å². The lowest BCUT2D eigenvalue weighted by atomic mass is 10.3. The molecule has 0 aromatic carbocycles. The van der Waals surface area contributed by atoms with E-state index in [0.29, 0.717) is 17.5 Å². The first-order valence-corrected chi connectivity index (χ1v) is 9.47. The molecule has 0 spiro atoms. The number of hydrogen-bond acceptors (Lipinski definition) is 4. The molecule has 0 aliphatic carbocycles. The average molecular weight is 317 g/mol. The topological polar surface area (TPSA) is 65.2 Å². The van der Waals surface area contributed by atoms with Crippen LogP contribution < -0.4 is 5.32 Å². The number of rotatable bonds is 6. The quantitative estimate of drug-likeness (QED) is 0.837. The van der Waals surface area contributed by atoms with Crippen molar-refractivity contribution in [1.29, 1.82) is 0 Å². The Labute approximate surface area is 125 Å². The molecule has 1 aromatic heterocycles. The maximum absolute atomic E-state index is 12.5. The van der Waals surface area contributed by atoms with Gasteiger partial charge < -0.3 is 10.3 Å². The molecule has 1 fully saturated rings. The van der Waals surface area contributed by atoms with Gasteiger partial charge in [-0.25, -0.2) is 8.42 Å². The lowest BCUT2D eigenvalue weighted by Gasteiger charge is -2.22. The van der Waals surface area contributed by atoms with Crippen molar-refractivity contribution in [3.05, 3.63) is 18.0 Å². The third kappa shape index (κ3) is 3.58. The maximum atomic E-state index is 12.5. The molecule has 1 aliphatic heterocycles. The van der Waals surface area contributed by atoms with Gasteiger partial charge in [0.25, 0.3) is 0 Å². The van der Waals surface area contributed by atoms with Crippen LogP contribution in [0.1, 0.15) is 26.0 Å². The molecule has 1 aromatic rings. The van der Waals surface area contributed by atoms with Crippen molar-refractivity contribution in [1.82, 2.24) is 14.6 Å². The van der Waals surface area contributed by atoms with E-state index in [1.165, 1.54) is 4.31 Å². The summed E-state index contributed by atoms with van der Waals surface area (Å²) in [6.07, 6.45) is 2.53. The van der Waals surface area contributed by atoms with Crippen LogP contribution in [0, 0.1) is 0 Å². The summed E-state index contributed by atoms with van der Waals surface area (Å²) in [5, 5.41) is 3.27. The summed E-state index contributed by atoms with van der Waals surface area (Å²) in [6.45, 7) is 4.77. The van der Waals surface area contributed by atoms with Gasteiger partial charge in [-0.2, -0.15) is 16.1 Å². The van der Waals surface area contributed by atoms with Crippen molar-refractivity contribution >= 4 is 21.8 Å². The Morgan fingerprint density at radius 2 is 2.30 bits per heavy atom. The first kappa shape index (κ1) is 15.9. The zero-order valence-electron chi connectivity index (χ0n) is 12.2. The SMILES string of the molecule is CC(C)NCc1cc(S(=O)(=O)N(C)C2CCSC2)c[nH]1. The molecule has 2 N–H and O–H groups in total. The van der Waals surface area contributed by atoms with Crippen molar-refractivity contribution in [2.75, 3.05) is 18.6 Å². The summed E-state index contributed by atoms with van der Waals surface area (Å²) in [5.41, 5.74) is 0.895. The highest BCUT2D eigenvalue weighted by Gasteiger charge is 2.30. The fraction of sp³-hybridized carbons (Fsp3) is 0.692. The lowest BCUT2D eigenvalue weighted by molar-refractivity contribution is 0.394. The molecular weight excluding hydrogens is 294 g/mol. The highest BCUT2D eigenvalue weighted by atomic mass is 32.2. The van der Waals surface area contributed by atoms with E-state index in [9.17, 15) is 8.42 Å². The molecule has 5 nitrogen and oxygen atoms in total. The van der Waals surface area contributed by atoms with Crippen LogP contribution in [0.3, 0.4) is 0 Å². The van der Waals surface area contributed by atoms with Gasteiger partial charge in [-0.1, -0.05) is 13.8 Å². The lowest BCUT2D eigenvalue weighted by Crippen LogP contribution is -2.36. The van der Waals surface area contributed by atoms with Crippen LogP contribution in [0.15, 0.2) is 17.2 Å². The molecule has 1 atom stereocenters. The normalized spacial score (nSPS) is 20.1. The van der Waals surface area contributed by atoms with Gasteiger partial charge in [-0.05, 0) is 18.2 Å². The van der Waals surface area contributed by atoms with Crippen molar-refractivity contribution in [3.8, 4) is 0 Å². The Morgan fingerprint density at radius 3 is 2.90 bits per heavy atom. The van der Waals surface area contributed by atoms with E-state index in [2.05, 4.69) is 24.1 Å². The zero-order chi connectivity index (χ0) is 14.8. The Kier molecular flexibility index (Phi) is 5.17. The molecular formula is C13H23N3O2S2. The second kappa shape index (κ2) is 6.51.